The lowest BCUT2D eigenvalue weighted by molar-refractivity contribution is 0.395. The van der Waals surface area contributed by atoms with E-state index in [9.17, 15) is 8.78 Å². The lowest BCUT2D eigenvalue weighted by Gasteiger charge is -2.08. The fourth-order valence-electron chi connectivity index (χ4n) is 1.46. The number of rotatable bonds is 2. The number of halogens is 2. The fourth-order valence-corrected chi connectivity index (χ4v) is 1.46. The normalized spacial score (nSPS) is 10.0. The molecule has 0 saturated carbocycles. The molecule has 0 unspecified atom stereocenters. The zero-order chi connectivity index (χ0) is 14.0. The molecule has 1 aromatic carbocycles. The summed E-state index contributed by atoms with van der Waals surface area (Å²) in [6, 6.07) is 3.40. The number of nitrogen functional groups attached to an aromatic ring is 1. The molecule has 0 fully saturated rings. The van der Waals surface area contributed by atoms with Crippen molar-refractivity contribution in [3.8, 4) is 24.0 Å². The van der Waals surface area contributed by atoms with Crippen LogP contribution in [0, 0.1) is 30.9 Å². The predicted molar refractivity (Wildman–Crippen MR) is 65.5 cm³/mol. The van der Waals surface area contributed by atoms with Gasteiger partial charge in [0.2, 0.25) is 17.6 Å². The summed E-state index contributed by atoms with van der Waals surface area (Å²) < 4.78 is 32.4. The lowest BCUT2D eigenvalue weighted by Crippen LogP contribution is -2.01. The number of ether oxygens (including phenoxy) is 1. The first-order valence-corrected chi connectivity index (χ1v) is 5.24. The standard InChI is InChI=1S/C13H9F2N3O/c1-3-8-5-9(14)12(10(15)6-8)19-11-4-7(2)17-13(16)18-11/h1,4-6H,2H3,(H2,16,17,18). The van der Waals surface area contributed by atoms with E-state index < -0.39 is 17.4 Å². The van der Waals surface area contributed by atoms with Gasteiger partial charge in [-0.05, 0) is 19.1 Å². The van der Waals surface area contributed by atoms with Crippen molar-refractivity contribution in [1.29, 1.82) is 0 Å². The molecule has 96 valence electrons. The molecule has 0 radical (unpaired) electrons. The Kier molecular flexibility index (Phi) is 3.29. The third-order valence-corrected chi connectivity index (χ3v) is 2.22. The Bertz CT molecular complexity index is 637. The van der Waals surface area contributed by atoms with Gasteiger partial charge in [0.25, 0.3) is 0 Å². The van der Waals surface area contributed by atoms with E-state index in [2.05, 4.69) is 15.9 Å². The lowest BCUT2D eigenvalue weighted by atomic mass is 10.2. The number of hydrogen-bond donors (Lipinski definition) is 1. The van der Waals surface area contributed by atoms with Gasteiger partial charge in [-0.3, -0.25) is 0 Å². The summed E-state index contributed by atoms with van der Waals surface area (Å²) in [5.41, 5.74) is 6.02. The zero-order valence-corrected chi connectivity index (χ0v) is 9.95. The van der Waals surface area contributed by atoms with Gasteiger partial charge < -0.3 is 10.5 Å². The van der Waals surface area contributed by atoms with Gasteiger partial charge in [0.05, 0.1) is 0 Å². The van der Waals surface area contributed by atoms with Gasteiger partial charge in [0, 0.05) is 17.3 Å². The minimum absolute atomic E-state index is 0.0451. The summed E-state index contributed by atoms with van der Waals surface area (Å²) in [5, 5.41) is 0. The number of hydrogen-bond acceptors (Lipinski definition) is 4. The molecule has 0 atom stereocenters. The van der Waals surface area contributed by atoms with Crippen LogP contribution in [-0.2, 0) is 0 Å². The van der Waals surface area contributed by atoms with E-state index in [4.69, 9.17) is 16.9 Å². The van der Waals surface area contributed by atoms with Crippen molar-refractivity contribution in [3.05, 3.63) is 41.1 Å². The van der Waals surface area contributed by atoms with E-state index >= 15 is 0 Å². The maximum Gasteiger partial charge on any atom is 0.224 e. The molecule has 0 bridgehead atoms. The van der Waals surface area contributed by atoms with Gasteiger partial charge in [-0.1, -0.05) is 5.92 Å². The van der Waals surface area contributed by atoms with E-state index in [0.717, 1.165) is 12.1 Å². The van der Waals surface area contributed by atoms with Crippen LogP contribution in [0.5, 0.6) is 11.6 Å². The minimum Gasteiger partial charge on any atom is -0.433 e. The highest BCUT2D eigenvalue weighted by Crippen LogP contribution is 2.27. The van der Waals surface area contributed by atoms with Crippen LogP contribution >= 0.6 is 0 Å². The quantitative estimate of drug-likeness (QED) is 0.843. The topological polar surface area (TPSA) is 61.0 Å². The van der Waals surface area contributed by atoms with E-state index in [-0.39, 0.29) is 17.4 Å². The van der Waals surface area contributed by atoms with Crippen molar-refractivity contribution < 1.29 is 13.5 Å². The monoisotopic (exact) mass is 261 g/mol. The van der Waals surface area contributed by atoms with E-state index in [1.165, 1.54) is 6.07 Å². The molecule has 0 aliphatic carbocycles. The Balaban J connectivity index is 2.41. The van der Waals surface area contributed by atoms with Crippen LogP contribution < -0.4 is 10.5 Å². The Morgan fingerprint density at radius 1 is 1.21 bits per heavy atom. The molecule has 1 aromatic heterocycles. The second-order valence-electron chi connectivity index (χ2n) is 3.72. The van der Waals surface area contributed by atoms with Crippen LogP contribution in [0.1, 0.15) is 11.3 Å². The van der Waals surface area contributed by atoms with Gasteiger partial charge >= 0.3 is 0 Å². The Labute approximate surface area is 108 Å². The first kappa shape index (κ1) is 12.8. The van der Waals surface area contributed by atoms with E-state index in [1.807, 2.05) is 0 Å². The molecule has 0 aliphatic rings. The van der Waals surface area contributed by atoms with Gasteiger partial charge in [-0.25, -0.2) is 13.8 Å². The molecule has 0 spiro atoms. The second-order valence-corrected chi connectivity index (χ2v) is 3.72. The smallest absolute Gasteiger partial charge is 0.224 e. The molecule has 2 N–H and O–H groups in total. The zero-order valence-electron chi connectivity index (χ0n) is 9.95. The fraction of sp³-hybridized carbons (Fsp3) is 0.0769. The van der Waals surface area contributed by atoms with Gasteiger partial charge in [-0.15, -0.1) is 6.42 Å². The largest absolute Gasteiger partial charge is 0.433 e. The predicted octanol–water partition coefficient (Wildman–Crippen LogP) is 2.42. The van der Waals surface area contributed by atoms with Crippen molar-refractivity contribution in [2.24, 2.45) is 0 Å². The molecule has 2 rings (SSSR count). The molecule has 1 heterocycles. The van der Waals surface area contributed by atoms with Crippen LogP contribution in [0.25, 0.3) is 0 Å². The number of nitrogens with two attached hydrogens (primary N) is 1. The van der Waals surface area contributed by atoms with Crippen molar-refractivity contribution in [2.75, 3.05) is 5.73 Å². The Hall–Kier alpha value is -2.68. The highest BCUT2D eigenvalue weighted by atomic mass is 19.1. The molecule has 4 nitrogen and oxygen atoms in total. The van der Waals surface area contributed by atoms with Crippen molar-refractivity contribution in [1.82, 2.24) is 9.97 Å². The summed E-state index contributed by atoms with van der Waals surface area (Å²) in [6.45, 7) is 1.65. The van der Waals surface area contributed by atoms with E-state index in [0.29, 0.717) is 5.69 Å². The number of aryl methyl sites for hydroxylation is 1. The third kappa shape index (κ3) is 2.77. The summed E-state index contributed by atoms with van der Waals surface area (Å²) in [4.78, 5) is 7.55. The number of terminal acetylenes is 1. The maximum absolute atomic E-state index is 13.6. The highest BCUT2D eigenvalue weighted by molar-refractivity contribution is 5.41. The third-order valence-electron chi connectivity index (χ3n) is 2.22. The average molecular weight is 261 g/mol. The molecule has 19 heavy (non-hydrogen) atoms. The average Bonchev–Trinajstić information content (AvgIpc) is 2.32. The summed E-state index contributed by atoms with van der Waals surface area (Å²) >= 11 is 0. The molecule has 0 saturated heterocycles. The van der Waals surface area contributed by atoms with Crippen molar-refractivity contribution in [2.45, 2.75) is 6.92 Å². The first-order chi connectivity index (χ1) is 8.99. The molecule has 2 aromatic rings. The summed E-state index contributed by atoms with van der Waals surface area (Å²) in [7, 11) is 0. The Morgan fingerprint density at radius 2 is 1.84 bits per heavy atom. The van der Waals surface area contributed by atoms with Crippen LogP contribution in [0.3, 0.4) is 0 Å². The Morgan fingerprint density at radius 3 is 2.37 bits per heavy atom. The highest BCUT2D eigenvalue weighted by Gasteiger charge is 2.14. The van der Waals surface area contributed by atoms with Crippen LogP contribution in [0.15, 0.2) is 18.2 Å². The van der Waals surface area contributed by atoms with Gasteiger partial charge in [-0.2, -0.15) is 4.98 Å². The van der Waals surface area contributed by atoms with E-state index in [1.54, 1.807) is 6.92 Å². The molecule has 0 amide bonds. The van der Waals surface area contributed by atoms with Crippen LogP contribution in [-0.4, -0.2) is 9.97 Å². The number of nitrogens with zero attached hydrogens (tertiary/aromatic N) is 2. The van der Waals surface area contributed by atoms with Crippen LogP contribution in [0.2, 0.25) is 0 Å². The maximum atomic E-state index is 13.6. The minimum atomic E-state index is -0.914. The summed E-state index contributed by atoms with van der Waals surface area (Å²) in [5.74, 6) is -0.368. The van der Waals surface area contributed by atoms with Crippen molar-refractivity contribution in [3.63, 3.8) is 0 Å². The number of anilines is 1. The van der Waals surface area contributed by atoms with Crippen molar-refractivity contribution >= 4 is 5.95 Å². The first-order valence-electron chi connectivity index (χ1n) is 5.24. The second kappa shape index (κ2) is 4.90. The number of benzene rings is 1. The van der Waals surface area contributed by atoms with Crippen LogP contribution in [0.4, 0.5) is 14.7 Å². The molecular formula is C13H9F2N3O. The SMILES string of the molecule is C#Cc1cc(F)c(Oc2cc(C)nc(N)n2)c(F)c1. The van der Waals surface area contributed by atoms with Gasteiger partial charge in [0.1, 0.15) is 0 Å². The molecular weight excluding hydrogens is 252 g/mol. The molecule has 0 aliphatic heterocycles. The summed E-state index contributed by atoms with van der Waals surface area (Å²) in [6.07, 6.45) is 5.07. The number of aromatic nitrogens is 2. The molecule has 6 heteroatoms. The van der Waals surface area contributed by atoms with Gasteiger partial charge in [0.15, 0.2) is 11.6 Å².